The van der Waals surface area contributed by atoms with Gasteiger partial charge in [0.1, 0.15) is 11.4 Å². The number of ether oxygens (including phenoxy) is 1. The van der Waals surface area contributed by atoms with Crippen LogP contribution in [0.2, 0.25) is 0 Å². The molecule has 1 aromatic rings. The number of hydrogen-bond donors (Lipinski definition) is 1. The van der Waals surface area contributed by atoms with Gasteiger partial charge in [0.2, 0.25) is 0 Å². The fourth-order valence-corrected chi connectivity index (χ4v) is 2.00. The smallest absolute Gasteiger partial charge is 0.407 e. The normalized spacial score (nSPS) is 11.5. The van der Waals surface area contributed by atoms with E-state index in [-0.39, 0.29) is 11.9 Å². The van der Waals surface area contributed by atoms with Gasteiger partial charge in [0.15, 0.2) is 0 Å². The highest BCUT2D eigenvalue weighted by molar-refractivity contribution is 5.67. The van der Waals surface area contributed by atoms with E-state index in [9.17, 15) is 9.18 Å². The number of hydrogen-bond acceptors (Lipinski definition) is 3. The van der Waals surface area contributed by atoms with Crippen LogP contribution < -0.4 is 5.32 Å². The van der Waals surface area contributed by atoms with Crippen molar-refractivity contribution in [3.8, 4) is 0 Å². The topological polar surface area (TPSA) is 41.6 Å². The van der Waals surface area contributed by atoms with Crippen molar-refractivity contribution in [3.63, 3.8) is 0 Å². The summed E-state index contributed by atoms with van der Waals surface area (Å²) in [6, 6.07) is 6.56. The van der Waals surface area contributed by atoms with Crippen molar-refractivity contribution >= 4 is 6.09 Å². The Labute approximate surface area is 132 Å². The SMILES string of the molecule is CCN(CCCNC(=O)OC(C)(C)C)Cc1ccc(F)cc1. The van der Waals surface area contributed by atoms with Crippen LogP contribution in [-0.4, -0.2) is 36.2 Å². The summed E-state index contributed by atoms with van der Waals surface area (Å²) in [5.74, 6) is -0.214. The lowest BCUT2D eigenvalue weighted by Crippen LogP contribution is -2.34. The molecule has 0 aliphatic rings. The molecular formula is C17H27FN2O2. The average Bonchev–Trinajstić information content (AvgIpc) is 2.42. The molecule has 22 heavy (non-hydrogen) atoms. The third kappa shape index (κ3) is 7.98. The zero-order chi connectivity index (χ0) is 16.6. The van der Waals surface area contributed by atoms with Crippen LogP contribution in [0.1, 0.15) is 39.7 Å². The number of carbonyl (C=O) groups is 1. The lowest BCUT2D eigenvalue weighted by Gasteiger charge is -2.22. The van der Waals surface area contributed by atoms with Crippen molar-refractivity contribution in [1.82, 2.24) is 10.2 Å². The molecule has 0 fully saturated rings. The second-order valence-corrected chi connectivity index (χ2v) is 6.28. The molecule has 0 radical (unpaired) electrons. The molecule has 4 nitrogen and oxygen atoms in total. The molecule has 1 rings (SSSR count). The van der Waals surface area contributed by atoms with Gasteiger partial charge < -0.3 is 10.1 Å². The maximum Gasteiger partial charge on any atom is 0.407 e. The van der Waals surface area contributed by atoms with E-state index in [2.05, 4.69) is 17.1 Å². The third-order valence-corrected chi connectivity index (χ3v) is 3.09. The van der Waals surface area contributed by atoms with Gasteiger partial charge in [0.05, 0.1) is 0 Å². The summed E-state index contributed by atoms with van der Waals surface area (Å²) in [6.45, 7) is 10.7. The van der Waals surface area contributed by atoms with Gasteiger partial charge in [-0.1, -0.05) is 19.1 Å². The first-order valence-corrected chi connectivity index (χ1v) is 7.74. The number of halogens is 1. The van der Waals surface area contributed by atoms with Gasteiger partial charge in [-0.05, 0) is 51.4 Å². The summed E-state index contributed by atoms with van der Waals surface area (Å²) >= 11 is 0. The average molecular weight is 310 g/mol. The van der Waals surface area contributed by atoms with Crippen molar-refractivity contribution in [2.45, 2.75) is 46.3 Å². The molecule has 0 aliphatic heterocycles. The first kappa shape index (κ1) is 18.4. The van der Waals surface area contributed by atoms with Crippen molar-refractivity contribution < 1.29 is 13.9 Å². The van der Waals surface area contributed by atoms with E-state index in [1.807, 2.05) is 20.8 Å². The molecule has 1 aromatic carbocycles. The quantitative estimate of drug-likeness (QED) is 0.783. The maximum atomic E-state index is 12.9. The van der Waals surface area contributed by atoms with E-state index in [1.165, 1.54) is 12.1 Å². The van der Waals surface area contributed by atoms with Crippen molar-refractivity contribution in [2.75, 3.05) is 19.6 Å². The maximum absolute atomic E-state index is 12.9. The zero-order valence-corrected chi connectivity index (χ0v) is 14.0. The largest absolute Gasteiger partial charge is 0.444 e. The van der Waals surface area contributed by atoms with Crippen LogP contribution in [0.5, 0.6) is 0 Å². The molecule has 0 bridgehead atoms. The fraction of sp³-hybridized carbons (Fsp3) is 0.588. The number of benzene rings is 1. The van der Waals surface area contributed by atoms with E-state index in [4.69, 9.17) is 4.74 Å². The van der Waals surface area contributed by atoms with E-state index in [0.29, 0.717) is 6.54 Å². The number of rotatable bonds is 7. The lowest BCUT2D eigenvalue weighted by molar-refractivity contribution is 0.0525. The molecule has 0 spiro atoms. The minimum absolute atomic E-state index is 0.214. The summed E-state index contributed by atoms with van der Waals surface area (Å²) < 4.78 is 18.1. The molecule has 0 saturated heterocycles. The predicted octanol–water partition coefficient (Wildman–Crippen LogP) is 3.56. The van der Waals surface area contributed by atoms with Crippen LogP contribution in [0, 0.1) is 5.82 Å². The summed E-state index contributed by atoms with van der Waals surface area (Å²) in [5, 5.41) is 2.75. The van der Waals surface area contributed by atoms with Crippen LogP contribution in [0.25, 0.3) is 0 Å². The highest BCUT2D eigenvalue weighted by atomic mass is 19.1. The van der Waals surface area contributed by atoms with E-state index >= 15 is 0 Å². The Kier molecular flexibility index (Phi) is 7.32. The predicted molar refractivity (Wildman–Crippen MR) is 86.2 cm³/mol. The van der Waals surface area contributed by atoms with Gasteiger partial charge in [-0.25, -0.2) is 9.18 Å². The highest BCUT2D eigenvalue weighted by Crippen LogP contribution is 2.08. The van der Waals surface area contributed by atoms with E-state index in [1.54, 1.807) is 12.1 Å². The molecule has 5 heteroatoms. The number of amides is 1. The molecule has 0 unspecified atom stereocenters. The van der Waals surface area contributed by atoms with Gasteiger partial charge in [-0.3, -0.25) is 4.90 Å². The van der Waals surface area contributed by atoms with E-state index < -0.39 is 5.60 Å². The Morgan fingerprint density at radius 3 is 2.45 bits per heavy atom. The zero-order valence-electron chi connectivity index (χ0n) is 14.0. The van der Waals surface area contributed by atoms with Gasteiger partial charge in [-0.2, -0.15) is 0 Å². The van der Waals surface area contributed by atoms with Crippen molar-refractivity contribution in [1.29, 1.82) is 0 Å². The first-order chi connectivity index (χ1) is 10.3. The minimum atomic E-state index is -0.470. The molecule has 0 heterocycles. The number of carbonyl (C=O) groups excluding carboxylic acids is 1. The van der Waals surface area contributed by atoms with Crippen LogP contribution >= 0.6 is 0 Å². The Morgan fingerprint density at radius 1 is 1.27 bits per heavy atom. The Bertz CT molecular complexity index is 455. The van der Waals surface area contributed by atoms with Crippen LogP contribution in [0.4, 0.5) is 9.18 Å². The Hall–Kier alpha value is -1.62. The van der Waals surface area contributed by atoms with Crippen LogP contribution in [-0.2, 0) is 11.3 Å². The summed E-state index contributed by atoms with van der Waals surface area (Å²) in [6.07, 6.45) is 0.461. The molecule has 124 valence electrons. The standard InChI is InChI=1S/C17H27FN2O2/c1-5-20(13-14-7-9-15(18)10-8-14)12-6-11-19-16(21)22-17(2,3)4/h7-10H,5-6,11-13H2,1-4H3,(H,19,21). The molecule has 1 N–H and O–H groups in total. The van der Waals surface area contributed by atoms with Gasteiger partial charge in [0, 0.05) is 19.6 Å². The molecule has 0 saturated carbocycles. The molecule has 0 aromatic heterocycles. The summed E-state index contributed by atoms with van der Waals surface area (Å²) in [5.41, 5.74) is 0.616. The third-order valence-electron chi connectivity index (χ3n) is 3.09. The van der Waals surface area contributed by atoms with Crippen molar-refractivity contribution in [2.24, 2.45) is 0 Å². The Balaban J connectivity index is 2.26. The summed E-state index contributed by atoms with van der Waals surface area (Å²) in [4.78, 5) is 13.8. The molecule has 0 atom stereocenters. The van der Waals surface area contributed by atoms with Crippen LogP contribution in [0.3, 0.4) is 0 Å². The highest BCUT2D eigenvalue weighted by Gasteiger charge is 2.15. The monoisotopic (exact) mass is 310 g/mol. The van der Waals surface area contributed by atoms with Gasteiger partial charge in [-0.15, -0.1) is 0 Å². The summed E-state index contributed by atoms with van der Waals surface area (Å²) in [7, 11) is 0. The molecule has 0 aliphatic carbocycles. The minimum Gasteiger partial charge on any atom is -0.444 e. The second kappa shape index (κ2) is 8.73. The molecule has 1 amide bonds. The Morgan fingerprint density at radius 2 is 1.91 bits per heavy atom. The first-order valence-electron chi connectivity index (χ1n) is 7.74. The van der Waals surface area contributed by atoms with Crippen molar-refractivity contribution in [3.05, 3.63) is 35.6 Å². The number of nitrogens with zero attached hydrogens (tertiary/aromatic N) is 1. The van der Waals surface area contributed by atoms with Gasteiger partial charge in [0.25, 0.3) is 0 Å². The van der Waals surface area contributed by atoms with E-state index in [0.717, 1.165) is 31.6 Å². The number of nitrogens with one attached hydrogen (secondary N) is 1. The second-order valence-electron chi connectivity index (χ2n) is 6.28. The van der Waals surface area contributed by atoms with Gasteiger partial charge >= 0.3 is 6.09 Å². The lowest BCUT2D eigenvalue weighted by atomic mass is 10.2. The van der Waals surface area contributed by atoms with Crippen LogP contribution in [0.15, 0.2) is 24.3 Å². The molecular weight excluding hydrogens is 283 g/mol. The number of alkyl carbamates (subject to hydrolysis) is 1. The fourth-order valence-electron chi connectivity index (χ4n) is 2.00.